The minimum Gasteiger partial charge on any atom is -0.372 e. The second-order valence-corrected chi connectivity index (χ2v) is 3.05. The Labute approximate surface area is 86.2 Å². The van der Waals surface area contributed by atoms with Gasteiger partial charge in [-0.3, -0.25) is 0 Å². The number of rotatable bonds is 0. The maximum absolute atomic E-state index is 2.27. The smallest absolute Gasteiger partial charge is 0.0444 e. The van der Waals surface area contributed by atoms with Gasteiger partial charge in [0.15, 0.2) is 0 Å². The second kappa shape index (κ2) is 4.14. The van der Waals surface area contributed by atoms with E-state index in [1.54, 1.807) is 0 Å². The minimum atomic E-state index is 0. The Morgan fingerprint density at radius 2 is 1.91 bits per heavy atom. The van der Waals surface area contributed by atoms with Gasteiger partial charge in [-0.1, -0.05) is 11.6 Å². The molecule has 0 aromatic rings. The quantitative estimate of drug-likeness (QED) is 0.609. The fourth-order valence-corrected chi connectivity index (χ4v) is 1.29. The van der Waals surface area contributed by atoms with E-state index in [1.165, 1.54) is 11.3 Å². The molecule has 0 fully saturated rings. The van der Waals surface area contributed by atoms with Crippen LogP contribution < -0.4 is 0 Å². The first-order valence-corrected chi connectivity index (χ1v) is 3.71. The lowest BCUT2D eigenvalue weighted by Gasteiger charge is -2.29. The van der Waals surface area contributed by atoms with Crippen LogP contribution in [0.4, 0.5) is 0 Å². The van der Waals surface area contributed by atoms with Crippen molar-refractivity contribution in [3.05, 3.63) is 23.4 Å². The molecule has 0 aromatic heterocycles. The number of nitrogens with zero attached hydrogens (tertiary/aromatic N) is 1. The van der Waals surface area contributed by atoms with Gasteiger partial charge >= 0.3 is 0 Å². The van der Waals surface area contributed by atoms with Crippen LogP contribution in [0.5, 0.6) is 0 Å². The SMILES string of the molecule is CC1=CC(C)N(C)C(C)=C1.I. The van der Waals surface area contributed by atoms with Gasteiger partial charge in [-0.05, 0) is 26.8 Å². The Hall–Kier alpha value is 0.01000. The molecule has 0 spiro atoms. The molecular weight excluding hydrogens is 249 g/mol. The highest BCUT2D eigenvalue weighted by Gasteiger charge is 2.10. The van der Waals surface area contributed by atoms with E-state index < -0.39 is 0 Å². The molecule has 1 rings (SSSR count). The van der Waals surface area contributed by atoms with Crippen LogP contribution in [0, 0.1) is 0 Å². The first-order chi connectivity index (χ1) is 4.61. The van der Waals surface area contributed by atoms with E-state index in [0.717, 1.165) is 0 Å². The normalized spacial score (nSPS) is 23.6. The van der Waals surface area contributed by atoms with Crippen LogP contribution in [0.2, 0.25) is 0 Å². The first-order valence-electron chi connectivity index (χ1n) is 3.71. The zero-order valence-corrected chi connectivity index (χ0v) is 9.92. The maximum atomic E-state index is 2.27. The monoisotopic (exact) mass is 265 g/mol. The van der Waals surface area contributed by atoms with E-state index in [1.807, 2.05) is 0 Å². The van der Waals surface area contributed by atoms with E-state index in [4.69, 9.17) is 0 Å². The average Bonchev–Trinajstić information content (AvgIpc) is 1.82. The van der Waals surface area contributed by atoms with Crippen molar-refractivity contribution in [2.45, 2.75) is 26.8 Å². The fraction of sp³-hybridized carbons (Fsp3) is 0.556. The summed E-state index contributed by atoms with van der Waals surface area (Å²) >= 11 is 0. The maximum Gasteiger partial charge on any atom is 0.0444 e. The van der Waals surface area contributed by atoms with Gasteiger partial charge in [-0.25, -0.2) is 0 Å². The molecule has 0 saturated carbocycles. The van der Waals surface area contributed by atoms with Gasteiger partial charge < -0.3 is 4.90 Å². The van der Waals surface area contributed by atoms with Crippen LogP contribution in [0.1, 0.15) is 20.8 Å². The molecule has 11 heavy (non-hydrogen) atoms. The summed E-state index contributed by atoms with van der Waals surface area (Å²) in [6, 6.07) is 0.560. The molecule has 0 N–H and O–H groups in total. The lowest BCUT2D eigenvalue weighted by atomic mass is 10.1. The van der Waals surface area contributed by atoms with Crippen molar-refractivity contribution in [2.75, 3.05) is 7.05 Å². The van der Waals surface area contributed by atoms with Gasteiger partial charge in [0.1, 0.15) is 0 Å². The molecule has 0 radical (unpaired) electrons. The third kappa shape index (κ3) is 2.51. The van der Waals surface area contributed by atoms with Gasteiger partial charge in [-0.2, -0.15) is 0 Å². The molecular formula is C9H16IN. The standard InChI is InChI=1S/C9H15N.HI/c1-7-5-8(2)10(4)9(3)6-7;/h5-6,8H,1-4H3;1H. The van der Waals surface area contributed by atoms with E-state index in [9.17, 15) is 0 Å². The van der Waals surface area contributed by atoms with Crippen molar-refractivity contribution in [3.8, 4) is 0 Å². The number of hydrogen-bond donors (Lipinski definition) is 0. The molecule has 2 heteroatoms. The molecule has 1 heterocycles. The van der Waals surface area contributed by atoms with E-state index in [0.29, 0.717) is 6.04 Å². The molecule has 0 saturated heterocycles. The van der Waals surface area contributed by atoms with Crippen LogP contribution in [-0.4, -0.2) is 18.0 Å². The summed E-state index contributed by atoms with van der Waals surface area (Å²) < 4.78 is 0. The lowest BCUT2D eigenvalue weighted by molar-refractivity contribution is 0.367. The summed E-state index contributed by atoms with van der Waals surface area (Å²) in [5, 5.41) is 0. The highest BCUT2D eigenvalue weighted by Crippen LogP contribution is 2.16. The predicted molar refractivity (Wildman–Crippen MR) is 60.2 cm³/mol. The van der Waals surface area contributed by atoms with Crippen molar-refractivity contribution >= 4 is 24.0 Å². The number of halogens is 1. The molecule has 0 aliphatic carbocycles. The van der Waals surface area contributed by atoms with E-state index >= 15 is 0 Å². The summed E-state index contributed by atoms with van der Waals surface area (Å²) in [5.41, 5.74) is 2.73. The molecule has 1 aliphatic heterocycles. The summed E-state index contributed by atoms with van der Waals surface area (Å²) in [6.07, 6.45) is 4.48. The Bertz CT molecular complexity index is 194. The van der Waals surface area contributed by atoms with Crippen LogP contribution >= 0.6 is 24.0 Å². The van der Waals surface area contributed by atoms with Crippen LogP contribution in [0.25, 0.3) is 0 Å². The predicted octanol–water partition coefficient (Wildman–Crippen LogP) is 2.79. The van der Waals surface area contributed by atoms with E-state index in [-0.39, 0.29) is 24.0 Å². The van der Waals surface area contributed by atoms with Crippen molar-refractivity contribution in [3.63, 3.8) is 0 Å². The van der Waals surface area contributed by atoms with Crippen LogP contribution in [0.15, 0.2) is 23.4 Å². The second-order valence-electron chi connectivity index (χ2n) is 3.05. The van der Waals surface area contributed by atoms with E-state index in [2.05, 4.69) is 44.9 Å². The average molecular weight is 265 g/mol. The van der Waals surface area contributed by atoms with Gasteiger partial charge in [0.2, 0.25) is 0 Å². The Kier molecular flexibility index (Phi) is 4.14. The highest BCUT2D eigenvalue weighted by atomic mass is 127. The van der Waals surface area contributed by atoms with Crippen molar-refractivity contribution < 1.29 is 0 Å². The topological polar surface area (TPSA) is 3.24 Å². The summed E-state index contributed by atoms with van der Waals surface area (Å²) in [7, 11) is 2.12. The molecule has 1 unspecified atom stereocenters. The highest BCUT2D eigenvalue weighted by molar-refractivity contribution is 14.0. The Balaban J connectivity index is 0.000001000. The van der Waals surface area contributed by atoms with Crippen LogP contribution in [-0.2, 0) is 0 Å². The van der Waals surface area contributed by atoms with Crippen molar-refractivity contribution in [1.82, 2.24) is 4.90 Å². The van der Waals surface area contributed by atoms with Crippen molar-refractivity contribution in [1.29, 1.82) is 0 Å². The number of hydrogen-bond acceptors (Lipinski definition) is 1. The molecule has 1 aliphatic rings. The molecule has 1 atom stereocenters. The summed E-state index contributed by atoms with van der Waals surface area (Å²) in [6.45, 7) is 6.50. The van der Waals surface area contributed by atoms with Gasteiger partial charge in [-0.15, -0.1) is 24.0 Å². The molecule has 0 amide bonds. The Morgan fingerprint density at radius 3 is 2.36 bits per heavy atom. The van der Waals surface area contributed by atoms with Gasteiger partial charge in [0, 0.05) is 18.8 Å². The third-order valence-electron chi connectivity index (χ3n) is 2.11. The zero-order valence-electron chi connectivity index (χ0n) is 7.59. The largest absolute Gasteiger partial charge is 0.372 e. The van der Waals surface area contributed by atoms with Gasteiger partial charge in [0.05, 0.1) is 0 Å². The fourth-order valence-electron chi connectivity index (χ4n) is 1.29. The van der Waals surface area contributed by atoms with Gasteiger partial charge in [0.25, 0.3) is 0 Å². The number of allylic oxidation sites excluding steroid dienone is 3. The third-order valence-corrected chi connectivity index (χ3v) is 2.11. The first kappa shape index (κ1) is 11.0. The molecule has 0 bridgehead atoms. The Morgan fingerprint density at radius 1 is 1.36 bits per heavy atom. The summed E-state index contributed by atoms with van der Waals surface area (Å²) in [5.74, 6) is 0. The zero-order chi connectivity index (χ0) is 7.72. The minimum absolute atomic E-state index is 0. The van der Waals surface area contributed by atoms with Crippen molar-refractivity contribution in [2.24, 2.45) is 0 Å². The molecule has 64 valence electrons. The van der Waals surface area contributed by atoms with Crippen LogP contribution in [0.3, 0.4) is 0 Å². The number of likely N-dealkylation sites (N-methyl/N-ethyl adjacent to an activating group) is 1. The lowest BCUT2D eigenvalue weighted by Crippen LogP contribution is -2.27. The summed E-state index contributed by atoms with van der Waals surface area (Å²) in [4.78, 5) is 2.27. The molecule has 1 nitrogen and oxygen atoms in total. The molecule has 0 aromatic carbocycles.